The third-order valence-electron chi connectivity index (χ3n) is 2.81. The van der Waals surface area contributed by atoms with Gasteiger partial charge >= 0.3 is 0 Å². The highest BCUT2D eigenvalue weighted by Gasteiger charge is 2.26. The molecule has 1 aliphatic rings. The molecular weight excluding hydrogens is 166 g/mol. The van der Waals surface area contributed by atoms with Crippen LogP contribution in [0.3, 0.4) is 0 Å². The highest BCUT2D eigenvalue weighted by atomic mass is 16.3. The first-order valence-corrected chi connectivity index (χ1v) is 5.17. The average Bonchev–Trinajstić information content (AvgIpc) is 2.03. The van der Waals surface area contributed by atoms with E-state index in [2.05, 4.69) is 4.90 Å². The normalized spacial score (nSPS) is 32.1. The summed E-state index contributed by atoms with van der Waals surface area (Å²) in [4.78, 5) is 2.08. The third kappa shape index (κ3) is 3.25. The van der Waals surface area contributed by atoms with Gasteiger partial charge in [-0.05, 0) is 26.8 Å². The molecule has 3 nitrogen and oxygen atoms in total. The lowest BCUT2D eigenvalue weighted by molar-refractivity contribution is 0.0144. The van der Waals surface area contributed by atoms with E-state index in [4.69, 9.17) is 0 Å². The lowest BCUT2D eigenvalue weighted by Gasteiger charge is -2.35. The van der Waals surface area contributed by atoms with Gasteiger partial charge in [0.25, 0.3) is 0 Å². The van der Waals surface area contributed by atoms with Gasteiger partial charge in [0.1, 0.15) is 0 Å². The van der Waals surface area contributed by atoms with Crippen LogP contribution in [0.5, 0.6) is 0 Å². The Balaban J connectivity index is 2.39. The summed E-state index contributed by atoms with van der Waals surface area (Å²) in [6.07, 6.45) is 3.81. The summed E-state index contributed by atoms with van der Waals surface area (Å²) < 4.78 is 0. The van der Waals surface area contributed by atoms with Gasteiger partial charge in [0.2, 0.25) is 0 Å². The van der Waals surface area contributed by atoms with Crippen LogP contribution >= 0.6 is 0 Å². The van der Waals surface area contributed by atoms with E-state index in [9.17, 15) is 10.2 Å². The average molecular weight is 187 g/mol. The topological polar surface area (TPSA) is 43.7 Å². The van der Waals surface area contributed by atoms with Crippen LogP contribution in [0.2, 0.25) is 0 Å². The third-order valence-corrected chi connectivity index (χ3v) is 2.81. The van der Waals surface area contributed by atoms with Crippen molar-refractivity contribution >= 4 is 0 Å². The minimum absolute atomic E-state index is 0.197. The Kier molecular flexibility index (Phi) is 4.16. The highest BCUT2D eigenvalue weighted by Crippen LogP contribution is 2.22. The van der Waals surface area contributed by atoms with E-state index in [0.717, 1.165) is 19.3 Å². The van der Waals surface area contributed by atoms with E-state index in [1.54, 1.807) is 6.92 Å². The number of nitrogens with zero attached hydrogens (tertiary/aromatic N) is 1. The summed E-state index contributed by atoms with van der Waals surface area (Å²) in [5.41, 5.74) is 0. The maximum atomic E-state index is 9.73. The van der Waals surface area contributed by atoms with Gasteiger partial charge in [-0.25, -0.2) is 0 Å². The molecule has 13 heavy (non-hydrogen) atoms. The van der Waals surface area contributed by atoms with E-state index in [1.807, 2.05) is 7.05 Å². The number of aliphatic hydroxyl groups is 2. The van der Waals surface area contributed by atoms with Crippen LogP contribution in [0.15, 0.2) is 0 Å². The fourth-order valence-corrected chi connectivity index (χ4v) is 2.16. The molecule has 1 aliphatic carbocycles. The van der Waals surface area contributed by atoms with Gasteiger partial charge in [-0.1, -0.05) is 12.8 Å². The molecule has 0 aromatic rings. The molecule has 0 radical (unpaired) electrons. The zero-order valence-corrected chi connectivity index (χ0v) is 8.61. The molecule has 0 heterocycles. The lowest BCUT2D eigenvalue weighted by Crippen LogP contribution is -2.45. The monoisotopic (exact) mass is 187 g/mol. The number of aliphatic hydroxyl groups excluding tert-OH is 2. The Morgan fingerprint density at radius 1 is 1.38 bits per heavy atom. The fraction of sp³-hybridized carbons (Fsp3) is 1.00. The number of rotatable bonds is 3. The summed E-state index contributed by atoms with van der Waals surface area (Å²) in [6.45, 7) is 2.44. The SMILES string of the molecule is C[C@H](O)CN(C)C1CCCCC1O. The van der Waals surface area contributed by atoms with Crippen molar-refractivity contribution in [2.75, 3.05) is 13.6 Å². The molecule has 0 amide bonds. The first-order chi connectivity index (χ1) is 6.11. The van der Waals surface area contributed by atoms with Crippen LogP contribution in [-0.4, -0.2) is 47.0 Å². The largest absolute Gasteiger partial charge is 0.392 e. The van der Waals surface area contributed by atoms with Crippen molar-refractivity contribution in [1.29, 1.82) is 0 Å². The summed E-state index contributed by atoms with van der Waals surface area (Å²) >= 11 is 0. The van der Waals surface area contributed by atoms with Crippen LogP contribution in [0.25, 0.3) is 0 Å². The quantitative estimate of drug-likeness (QED) is 0.680. The Morgan fingerprint density at radius 3 is 2.54 bits per heavy atom. The maximum Gasteiger partial charge on any atom is 0.0695 e. The number of likely N-dealkylation sites (N-methyl/N-ethyl adjacent to an activating group) is 1. The van der Waals surface area contributed by atoms with Gasteiger partial charge < -0.3 is 10.2 Å². The minimum Gasteiger partial charge on any atom is -0.392 e. The predicted molar refractivity (Wildman–Crippen MR) is 52.6 cm³/mol. The Bertz CT molecular complexity index is 150. The molecule has 0 bridgehead atoms. The zero-order valence-electron chi connectivity index (χ0n) is 8.61. The first kappa shape index (κ1) is 11.0. The standard InChI is InChI=1S/C10H21NO2/c1-8(12)7-11(2)9-5-3-4-6-10(9)13/h8-10,12-13H,3-7H2,1-2H3/t8-,9?,10?/m0/s1. The van der Waals surface area contributed by atoms with Crippen molar-refractivity contribution in [1.82, 2.24) is 4.90 Å². The predicted octanol–water partition coefficient (Wildman–Crippen LogP) is 0.602. The highest BCUT2D eigenvalue weighted by molar-refractivity contribution is 4.81. The van der Waals surface area contributed by atoms with Gasteiger partial charge in [0, 0.05) is 12.6 Å². The van der Waals surface area contributed by atoms with Gasteiger partial charge in [-0.15, -0.1) is 0 Å². The molecular formula is C10H21NO2. The molecule has 78 valence electrons. The van der Waals surface area contributed by atoms with Crippen LogP contribution in [-0.2, 0) is 0 Å². The number of hydrogen-bond acceptors (Lipinski definition) is 3. The van der Waals surface area contributed by atoms with Crippen molar-refractivity contribution in [3.63, 3.8) is 0 Å². The van der Waals surface area contributed by atoms with Gasteiger partial charge in [-0.3, -0.25) is 4.90 Å². The van der Waals surface area contributed by atoms with Crippen LogP contribution in [0.4, 0.5) is 0 Å². The van der Waals surface area contributed by atoms with Crippen LogP contribution in [0.1, 0.15) is 32.6 Å². The Morgan fingerprint density at radius 2 is 2.00 bits per heavy atom. The molecule has 1 saturated carbocycles. The van der Waals surface area contributed by atoms with Crippen LogP contribution < -0.4 is 0 Å². The first-order valence-electron chi connectivity index (χ1n) is 5.17. The molecule has 0 saturated heterocycles. The molecule has 3 heteroatoms. The second-order valence-electron chi connectivity index (χ2n) is 4.21. The molecule has 0 aromatic carbocycles. The van der Waals surface area contributed by atoms with E-state index in [1.165, 1.54) is 6.42 Å². The molecule has 0 spiro atoms. The van der Waals surface area contributed by atoms with Crippen LogP contribution in [0, 0.1) is 0 Å². The molecule has 2 N–H and O–H groups in total. The van der Waals surface area contributed by atoms with Gasteiger partial charge in [0.15, 0.2) is 0 Å². The molecule has 0 aromatic heterocycles. The molecule has 3 atom stereocenters. The maximum absolute atomic E-state index is 9.73. The second kappa shape index (κ2) is 4.94. The summed E-state index contributed by atoms with van der Waals surface area (Å²) in [5.74, 6) is 0. The van der Waals surface area contributed by atoms with E-state index in [0.29, 0.717) is 6.54 Å². The van der Waals surface area contributed by atoms with Gasteiger partial charge in [-0.2, -0.15) is 0 Å². The van der Waals surface area contributed by atoms with Crippen molar-refractivity contribution in [3.8, 4) is 0 Å². The van der Waals surface area contributed by atoms with E-state index in [-0.39, 0.29) is 18.2 Å². The van der Waals surface area contributed by atoms with E-state index >= 15 is 0 Å². The lowest BCUT2D eigenvalue weighted by atomic mass is 9.91. The Labute approximate surface area is 80.4 Å². The second-order valence-corrected chi connectivity index (χ2v) is 4.21. The molecule has 1 rings (SSSR count). The van der Waals surface area contributed by atoms with Crippen molar-refractivity contribution in [2.45, 2.75) is 50.9 Å². The summed E-state index contributed by atoms with van der Waals surface area (Å²) in [5, 5.41) is 18.9. The zero-order chi connectivity index (χ0) is 9.84. The molecule has 2 unspecified atom stereocenters. The smallest absolute Gasteiger partial charge is 0.0695 e. The molecule has 1 fully saturated rings. The fourth-order valence-electron chi connectivity index (χ4n) is 2.16. The summed E-state index contributed by atoms with van der Waals surface area (Å²) in [7, 11) is 1.98. The Hall–Kier alpha value is -0.120. The van der Waals surface area contributed by atoms with E-state index < -0.39 is 0 Å². The van der Waals surface area contributed by atoms with Crippen molar-refractivity contribution in [2.24, 2.45) is 0 Å². The minimum atomic E-state index is -0.306. The van der Waals surface area contributed by atoms with Crippen molar-refractivity contribution < 1.29 is 10.2 Å². The summed E-state index contributed by atoms with van der Waals surface area (Å²) in [6, 6.07) is 0.253. The molecule has 0 aliphatic heterocycles. The number of hydrogen-bond donors (Lipinski definition) is 2. The van der Waals surface area contributed by atoms with Gasteiger partial charge in [0.05, 0.1) is 12.2 Å². The van der Waals surface area contributed by atoms with Crippen molar-refractivity contribution in [3.05, 3.63) is 0 Å².